The molecule has 2 N–H and O–H groups in total. The first-order valence-corrected chi connectivity index (χ1v) is 8.95. The Morgan fingerprint density at radius 3 is 2.88 bits per heavy atom. The molecule has 1 aromatic carbocycles. The van der Waals surface area contributed by atoms with Crippen molar-refractivity contribution < 1.29 is 9.59 Å². The fraction of sp³-hybridized carbons (Fsp3) is 0.353. The van der Waals surface area contributed by atoms with E-state index in [0.717, 1.165) is 36.4 Å². The number of aromatic nitrogens is 1. The van der Waals surface area contributed by atoms with Gasteiger partial charge in [-0.05, 0) is 30.5 Å². The predicted octanol–water partition coefficient (Wildman–Crippen LogP) is 3.12. The molecule has 1 saturated heterocycles. The number of nitrogens with one attached hydrogen (secondary N) is 2. The molecule has 2 aliphatic rings. The van der Waals surface area contributed by atoms with Crippen LogP contribution >= 0.6 is 11.3 Å². The topological polar surface area (TPSA) is 74.3 Å². The molecule has 1 aliphatic carbocycles. The number of amides is 3. The second kappa shape index (κ2) is 5.90. The van der Waals surface area contributed by atoms with Crippen LogP contribution in [0.2, 0.25) is 0 Å². The number of thiazole rings is 1. The molecule has 7 heteroatoms. The normalized spacial score (nSPS) is 19.1. The number of rotatable bonds is 4. The first-order chi connectivity index (χ1) is 11.7. The number of hydrogen-bond donors (Lipinski definition) is 2. The summed E-state index contributed by atoms with van der Waals surface area (Å²) in [6, 6.07) is 7.21. The van der Waals surface area contributed by atoms with Crippen LogP contribution < -0.4 is 15.5 Å². The highest BCUT2D eigenvalue weighted by Gasteiger charge is 2.52. The van der Waals surface area contributed by atoms with E-state index in [1.165, 1.54) is 16.2 Å². The van der Waals surface area contributed by atoms with Gasteiger partial charge in [0.15, 0.2) is 5.13 Å². The van der Waals surface area contributed by atoms with Crippen LogP contribution in [0.15, 0.2) is 35.8 Å². The molecule has 0 unspecified atom stereocenters. The van der Waals surface area contributed by atoms with E-state index in [2.05, 4.69) is 15.6 Å². The molecule has 1 aliphatic heterocycles. The maximum atomic E-state index is 12.8. The molecular formula is C17H18N4O2S. The number of hydrogen-bond acceptors (Lipinski definition) is 5. The zero-order chi connectivity index (χ0) is 16.6. The van der Waals surface area contributed by atoms with Crippen molar-refractivity contribution in [3.8, 4) is 0 Å². The van der Waals surface area contributed by atoms with E-state index in [9.17, 15) is 9.59 Å². The van der Waals surface area contributed by atoms with E-state index in [-0.39, 0.29) is 11.9 Å². The first-order valence-electron chi connectivity index (χ1n) is 8.07. The number of imide groups is 1. The van der Waals surface area contributed by atoms with Crippen molar-refractivity contribution in [3.63, 3.8) is 0 Å². The molecule has 124 valence electrons. The number of carbonyl (C=O) groups excluding carboxylic acids is 2. The van der Waals surface area contributed by atoms with E-state index in [4.69, 9.17) is 0 Å². The van der Waals surface area contributed by atoms with Crippen LogP contribution in [-0.2, 0) is 11.3 Å². The van der Waals surface area contributed by atoms with Crippen molar-refractivity contribution in [2.45, 2.75) is 37.8 Å². The minimum atomic E-state index is -0.674. The van der Waals surface area contributed by atoms with E-state index in [1.807, 2.05) is 23.6 Å². The molecule has 24 heavy (non-hydrogen) atoms. The molecule has 0 bridgehead atoms. The zero-order valence-corrected chi connectivity index (χ0v) is 13.9. The van der Waals surface area contributed by atoms with Gasteiger partial charge in [-0.2, -0.15) is 0 Å². The Morgan fingerprint density at radius 1 is 1.29 bits per heavy atom. The summed E-state index contributed by atoms with van der Waals surface area (Å²) in [4.78, 5) is 30.7. The Kier molecular flexibility index (Phi) is 3.72. The molecule has 1 spiro atoms. The summed E-state index contributed by atoms with van der Waals surface area (Å²) in [5.41, 5.74) is 0.946. The Labute approximate surface area is 143 Å². The number of nitrogens with zero attached hydrogens (tertiary/aromatic N) is 2. The molecule has 4 rings (SSSR count). The lowest BCUT2D eigenvalue weighted by atomic mass is 9.98. The van der Waals surface area contributed by atoms with Crippen LogP contribution in [0.4, 0.5) is 15.6 Å². The van der Waals surface area contributed by atoms with Gasteiger partial charge in [0.1, 0.15) is 5.54 Å². The van der Waals surface area contributed by atoms with Crippen molar-refractivity contribution in [1.29, 1.82) is 0 Å². The fourth-order valence-corrected chi connectivity index (χ4v) is 3.99. The number of anilines is 2. The Hall–Kier alpha value is -2.41. The zero-order valence-electron chi connectivity index (χ0n) is 13.1. The molecule has 0 atom stereocenters. The molecule has 0 radical (unpaired) electrons. The van der Waals surface area contributed by atoms with E-state index in [0.29, 0.717) is 12.2 Å². The van der Waals surface area contributed by atoms with Crippen LogP contribution in [0, 0.1) is 0 Å². The molecular weight excluding hydrogens is 324 g/mol. The van der Waals surface area contributed by atoms with Crippen LogP contribution in [0.3, 0.4) is 0 Å². The van der Waals surface area contributed by atoms with Crippen molar-refractivity contribution in [2.75, 3.05) is 10.2 Å². The fourth-order valence-electron chi connectivity index (χ4n) is 3.47. The van der Waals surface area contributed by atoms with Crippen LogP contribution in [0.5, 0.6) is 0 Å². The third kappa shape index (κ3) is 2.54. The monoisotopic (exact) mass is 342 g/mol. The smallest absolute Gasteiger partial charge is 0.329 e. The van der Waals surface area contributed by atoms with Gasteiger partial charge in [-0.3, -0.25) is 4.79 Å². The number of carbonyl (C=O) groups is 2. The van der Waals surface area contributed by atoms with Gasteiger partial charge in [0.05, 0.1) is 5.69 Å². The Balaban J connectivity index is 1.54. The van der Waals surface area contributed by atoms with E-state index in [1.54, 1.807) is 12.3 Å². The van der Waals surface area contributed by atoms with Crippen molar-refractivity contribution in [2.24, 2.45) is 0 Å². The van der Waals surface area contributed by atoms with E-state index >= 15 is 0 Å². The highest BCUT2D eigenvalue weighted by atomic mass is 32.1. The third-order valence-corrected chi connectivity index (χ3v) is 5.39. The molecule has 1 aromatic heterocycles. The largest absolute Gasteiger partial charge is 0.357 e. The quantitative estimate of drug-likeness (QED) is 0.837. The second-order valence-electron chi connectivity index (χ2n) is 6.22. The van der Waals surface area contributed by atoms with Gasteiger partial charge in [-0.15, -0.1) is 11.3 Å². The van der Waals surface area contributed by atoms with Crippen LogP contribution in [-0.4, -0.2) is 22.5 Å². The summed E-state index contributed by atoms with van der Waals surface area (Å²) in [6.07, 6.45) is 5.19. The van der Waals surface area contributed by atoms with Crippen LogP contribution in [0.25, 0.3) is 0 Å². The highest BCUT2D eigenvalue weighted by Crippen LogP contribution is 2.37. The molecule has 2 fully saturated rings. The average Bonchev–Trinajstić information content (AvgIpc) is 3.30. The Morgan fingerprint density at radius 2 is 2.12 bits per heavy atom. The van der Waals surface area contributed by atoms with Gasteiger partial charge in [0.2, 0.25) is 0 Å². The molecule has 6 nitrogen and oxygen atoms in total. The number of urea groups is 1. The maximum absolute atomic E-state index is 12.8. The Bertz CT molecular complexity index is 769. The molecule has 2 heterocycles. The van der Waals surface area contributed by atoms with Crippen molar-refractivity contribution >= 4 is 34.1 Å². The first kappa shape index (κ1) is 15.1. The minimum Gasteiger partial charge on any atom is -0.357 e. The van der Waals surface area contributed by atoms with Crippen molar-refractivity contribution in [3.05, 3.63) is 41.4 Å². The SMILES string of the molecule is O=C1NC2(CCCC2)C(=O)N1c1cccc(CNc2nccs2)c1. The van der Waals surface area contributed by atoms with Gasteiger partial charge in [0.25, 0.3) is 5.91 Å². The molecule has 2 aromatic rings. The minimum absolute atomic E-state index is 0.116. The summed E-state index contributed by atoms with van der Waals surface area (Å²) in [7, 11) is 0. The summed E-state index contributed by atoms with van der Waals surface area (Å²) in [6.45, 7) is 0.593. The third-order valence-electron chi connectivity index (χ3n) is 4.66. The summed E-state index contributed by atoms with van der Waals surface area (Å²) >= 11 is 1.53. The lowest BCUT2D eigenvalue weighted by Gasteiger charge is -2.20. The molecule has 1 saturated carbocycles. The van der Waals surface area contributed by atoms with Gasteiger partial charge >= 0.3 is 6.03 Å². The van der Waals surface area contributed by atoms with Gasteiger partial charge in [-0.25, -0.2) is 14.7 Å². The number of benzene rings is 1. The summed E-state index contributed by atoms with van der Waals surface area (Å²) < 4.78 is 0. The summed E-state index contributed by atoms with van der Waals surface area (Å²) in [5, 5.41) is 8.91. The lowest BCUT2D eigenvalue weighted by molar-refractivity contribution is -0.121. The van der Waals surface area contributed by atoms with E-state index < -0.39 is 5.54 Å². The van der Waals surface area contributed by atoms with Gasteiger partial charge in [-0.1, -0.05) is 25.0 Å². The molecule has 3 amide bonds. The van der Waals surface area contributed by atoms with Crippen LogP contribution in [0.1, 0.15) is 31.2 Å². The maximum Gasteiger partial charge on any atom is 0.329 e. The summed E-state index contributed by atoms with van der Waals surface area (Å²) in [5.74, 6) is -0.116. The van der Waals surface area contributed by atoms with Gasteiger partial charge < -0.3 is 10.6 Å². The average molecular weight is 342 g/mol. The highest BCUT2D eigenvalue weighted by molar-refractivity contribution is 7.13. The second-order valence-corrected chi connectivity index (χ2v) is 7.12. The van der Waals surface area contributed by atoms with Gasteiger partial charge in [0, 0.05) is 18.1 Å². The lowest BCUT2D eigenvalue weighted by Crippen LogP contribution is -2.44. The van der Waals surface area contributed by atoms with Crippen molar-refractivity contribution in [1.82, 2.24) is 10.3 Å². The predicted molar refractivity (Wildman–Crippen MR) is 93.1 cm³/mol. The standard InChI is InChI=1S/C17H18N4O2S/c22-14-17(6-1-2-7-17)20-16(23)21(14)13-5-3-4-12(10-13)11-19-15-18-8-9-24-15/h3-5,8-10H,1-2,6-7,11H2,(H,18,19)(H,20,23).